The molecule has 0 bridgehead atoms. The van der Waals surface area contributed by atoms with E-state index in [0.29, 0.717) is 26.3 Å². The summed E-state index contributed by atoms with van der Waals surface area (Å²) in [6.07, 6.45) is 4.62. The molecule has 25 heavy (non-hydrogen) atoms. The molecule has 8 heteroatoms. The van der Waals surface area contributed by atoms with E-state index in [9.17, 15) is 4.79 Å². The highest BCUT2D eigenvalue weighted by Crippen LogP contribution is 2.22. The van der Waals surface area contributed by atoms with Crippen LogP contribution in [0.25, 0.3) is 0 Å². The Labute approximate surface area is 146 Å². The van der Waals surface area contributed by atoms with Crippen LogP contribution < -0.4 is 0 Å². The predicted molar refractivity (Wildman–Crippen MR) is 89.6 cm³/mol. The molecule has 0 aromatic carbocycles. The zero-order chi connectivity index (χ0) is 17.4. The maximum Gasteiger partial charge on any atom is 0.228 e. The van der Waals surface area contributed by atoms with Crippen LogP contribution in [0.15, 0.2) is 12.4 Å². The number of imidazole rings is 1. The lowest BCUT2D eigenvalue weighted by molar-refractivity contribution is -0.136. The number of amides is 1. The second-order valence-electron chi connectivity index (χ2n) is 7.03. The molecule has 2 aliphatic rings. The van der Waals surface area contributed by atoms with E-state index in [4.69, 9.17) is 4.74 Å². The molecule has 1 amide bonds. The van der Waals surface area contributed by atoms with Gasteiger partial charge in [-0.1, -0.05) is 0 Å². The summed E-state index contributed by atoms with van der Waals surface area (Å²) in [5, 5.41) is 4.48. The van der Waals surface area contributed by atoms with Crippen LogP contribution in [0.5, 0.6) is 0 Å². The summed E-state index contributed by atoms with van der Waals surface area (Å²) in [5.41, 5.74) is 0. The summed E-state index contributed by atoms with van der Waals surface area (Å²) in [6, 6.07) is 0. The highest BCUT2D eigenvalue weighted by molar-refractivity contribution is 5.79. The van der Waals surface area contributed by atoms with Crippen molar-refractivity contribution in [2.24, 2.45) is 11.8 Å². The Bertz CT molecular complexity index is 761. The third-order valence-corrected chi connectivity index (χ3v) is 5.05. The van der Waals surface area contributed by atoms with Crippen molar-refractivity contribution in [3.05, 3.63) is 29.9 Å². The van der Waals surface area contributed by atoms with Crippen LogP contribution in [0.2, 0.25) is 0 Å². The van der Waals surface area contributed by atoms with Gasteiger partial charge in [-0.3, -0.25) is 4.79 Å². The van der Waals surface area contributed by atoms with Crippen molar-refractivity contribution in [3.63, 3.8) is 0 Å². The number of carbonyl (C=O) groups is 1. The van der Waals surface area contributed by atoms with Gasteiger partial charge in [0.25, 0.3) is 0 Å². The van der Waals surface area contributed by atoms with E-state index in [1.165, 1.54) is 0 Å². The molecule has 2 aromatic heterocycles. The first kappa shape index (κ1) is 16.3. The van der Waals surface area contributed by atoms with Gasteiger partial charge in [0.1, 0.15) is 17.5 Å². The molecule has 4 rings (SSSR count). The fraction of sp³-hybridized carbons (Fsp3) is 0.647. The Balaban J connectivity index is 1.56. The number of nitrogens with zero attached hydrogens (tertiary/aromatic N) is 6. The smallest absolute Gasteiger partial charge is 0.228 e. The van der Waals surface area contributed by atoms with Crippen molar-refractivity contribution in [3.8, 4) is 0 Å². The minimum absolute atomic E-state index is 0.0162. The van der Waals surface area contributed by atoms with Gasteiger partial charge in [-0.2, -0.15) is 5.10 Å². The second-order valence-corrected chi connectivity index (χ2v) is 7.03. The van der Waals surface area contributed by atoms with Crippen LogP contribution in [0.3, 0.4) is 0 Å². The first-order chi connectivity index (χ1) is 12.1. The third-order valence-electron chi connectivity index (χ3n) is 5.05. The monoisotopic (exact) mass is 344 g/mol. The molecule has 0 spiro atoms. The van der Waals surface area contributed by atoms with Gasteiger partial charge >= 0.3 is 0 Å². The molecule has 1 saturated heterocycles. The zero-order valence-electron chi connectivity index (χ0n) is 14.8. The Morgan fingerprint density at radius 1 is 1.36 bits per heavy atom. The SMILES string of the molecule is Cc1nc(C)n(CC2CN(C(=O)C3CCOC3)Cc3nccn3C2)n1. The van der Waals surface area contributed by atoms with Gasteiger partial charge in [0.05, 0.1) is 19.1 Å². The lowest BCUT2D eigenvalue weighted by Gasteiger charge is -2.26. The van der Waals surface area contributed by atoms with Crippen molar-refractivity contribution >= 4 is 5.91 Å². The predicted octanol–water partition coefficient (Wildman–Crippen LogP) is 0.787. The maximum absolute atomic E-state index is 12.9. The van der Waals surface area contributed by atoms with Crippen molar-refractivity contribution in [2.75, 3.05) is 19.8 Å². The number of hydrogen-bond donors (Lipinski definition) is 0. The number of aryl methyl sites for hydroxylation is 2. The molecule has 0 radical (unpaired) electrons. The standard InChI is InChI=1S/C17H24N6O2/c1-12-19-13(2)23(20-12)9-14-7-21-5-4-18-16(21)10-22(8-14)17(24)15-3-6-25-11-15/h4-5,14-15H,3,6-11H2,1-2H3. The Morgan fingerprint density at radius 3 is 2.96 bits per heavy atom. The average molecular weight is 344 g/mol. The second kappa shape index (κ2) is 6.59. The number of hydrogen-bond acceptors (Lipinski definition) is 5. The average Bonchev–Trinajstić information content (AvgIpc) is 3.28. The molecule has 0 N–H and O–H groups in total. The van der Waals surface area contributed by atoms with Gasteiger partial charge < -0.3 is 14.2 Å². The van der Waals surface area contributed by atoms with Gasteiger partial charge in [-0.25, -0.2) is 14.6 Å². The molecule has 2 unspecified atom stereocenters. The van der Waals surface area contributed by atoms with Crippen molar-refractivity contribution in [1.29, 1.82) is 0 Å². The van der Waals surface area contributed by atoms with E-state index in [1.54, 1.807) is 0 Å². The van der Waals surface area contributed by atoms with Gasteiger partial charge in [0, 0.05) is 44.6 Å². The van der Waals surface area contributed by atoms with E-state index in [0.717, 1.165) is 37.0 Å². The molecular formula is C17H24N6O2. The van der Waals surface area contributed by atoms with E-state index in [-0.39, 0.29) is 17.7 Å². The minimum Gasteiger partial charge on any atom is -0.381 e. The summed E-state index contributed by atoms with van der Waals surface area (Å²) >= 11 is 0. The lowest BCUT2D eigenvalue weighted by atomic mass is 10.1. The molecule has 0 aliphatic carbocycles. The topological polar surface area (TPSA) is 78.1 Å². The molecule has 4 heterocycles. The van der Waals surface area contributed by atoms with Crippen molar-refractivity contribution < 1.29 is 9.53 Å². The Kier molecular flexibility index (Phi) is 4.29. The minimum atomic E-state index is -0.0162. The van der Waals surface area contributed by atoms with Crippen LogP contribution in [0.1, 0.15) is 23.9 Å². The van der Waals surface area contributed by atoms with E-state index in [2.05, 4.69) is 19.6 Å². The molecular weight excluding hydrogens is 320 g/mol. The number of rotatable bonds is 3. The van der Waals surface area contributed by atoms with Crippen LogP contribution in [0.4, 0.5) is 0 Å². The lowest BCUT2D eigenvalue weighted by Crippen LogP contribution is -2.39. The van der Waals surface area contributed by atoms with Crippen molar-refractivity contribution in [2.45, 2.75) is 39.9 Å². The first-order valence-corrected chi connectivity index (χ1v) is 8.84. The number of fused-ring (bicyclic) bond motifs is 1. The fourth-order valence-corrected chi connectivity index (χ4v) is 3.79. The van der Waals surface area contributed by atoms with Crippen LogP contribution in [-0.2, 0) is 29.2 Å². The highest BCUT2D eigenvalue weighted by atomic mass is 16.5. The largest absolute Gasteiger partial charge is 0.381 e. The fourth-order valence-electron chi connectivity index (χ4n) is 3.79. The maximum atomic E-state index is 12.9. The van der Waals surface area contributed by atoms with Gasteiger partial charge in [-0.15, -0.1) is 0 Å². The molecule has 8 nitrogen and oxygen atoms in total. The Morgan fingerprint density at radius 2 is 2.24 bits per heavy atom. The summed E-state index contributed by atoms with van der Waals surface area (Å²) in [7, 11) is 0. The van der Waals surface area contributed by atoms with Gasteiger partial charge in [-0.05, 0) is 20.3 Å². The summed E-state index contributed by atoms with van der Waals surface area (Å²) < 4.78 is 9.51. The normalized spacial score (nSPS) is 23.5. The van der Waals surface area contributed by atoms with E-state index in [1.807, 2.05) is 35.8 Å². The quantitative estimate of drug-likeness (QED) is 0.822. The van der Waals surface area contributed by atoms with Crippen LogP contribution in [0, 0.1) is 25.7 Å². The molecule has 134 valence electrons. The molecule has 0 saturated carbocycles. The van der Waals surface area contributed by atoms with Gasteiger partial charge in [0.15, 0.2) is 0 Å². The number of aromatic nitrogens is 5. The van der Waals surface area contributed by atoms with Gasteiger partial charge in [0.2, 0.25) is 5.91 Å². The molecule has 2 atom stereocenters. The Hall–Kier alpha value is -2.22. The summed E-state index contributed by atoms with van der Waals surface area (Å²) in [4.78, 5) is 23.7. The first-order valence-electron chi connectivity index (χ1n) is 8.84. The number of ether oxygens (including phenoxy) is 1. The highest BCUT2D eigenvalue weighted by Gasteiger charge is 2.32. The van der Waals surface area contributed by atoms with Crippen molar-refractivity contribution in [1.82, 2.24) is 29.2 Å². The molecule has 1 fully saturated rings. The van der Waals surface area contributed by atoms with E-state index < -0.39 is 0 Å². The number of carbonyl (C=O) groups excluding carboxylic acids is 1. The summed E-state index contributed by atoms with van der Waals surface area (Å²) in [6.45, 7) is 7.94. The summed E-state index contributed by atoms with van der Waals surface area (Å²) in [5.74, 6) is 3.07. The van der Waals surface area contributed by atoms with E-state index >= 15 is 0 Å². The molecule has 2 aromatic rings. The molecule has 2 aliphatic heterocycles. The third kappa shape index (κ3) is 3.30. The van der Waals surface area contributed by atoms with Crippen LogP contribution >= 0.6 is 0 Å². The van der Waals surface area contributed by atoms with Crippen LogP contribution in [-0.4, -0.2) is 54.9 Å². The zero-order valence-corrected chi connectivity index (χ0v) is 14.8.